The van der Waals surface area contributed by atoms with Crippen LogP contribution in [0.5, 0.6) is 0 Å². The molecular weight excluding hydrogens is 352 g/mol. The average molecular weight is 355 g/mol. The highest BCUT2D eigenvalue weighted by Gasteiger charge is 2.33. The highest BCUT2D eigenvalue weighted by atomic mass is 35.5. The third kappa shape index (κ3) is 5.14. The summed E-state index contributed by atoms with van der Waals surface area (Å²) in [5, 5.41) is 0.365. The largest absolute Gasteiger partial charge is 0.230 e. The van der Waals surface area contributed by atoms with Crippen LogP contribution in [-0.4, -0.2) is 54.1 Å². The van der Waals surface area contributed by atoms with Crippen LogP contribution in [-0.2, 0) is 41.2 Å². The molecule has 0 spiro atoms. The number of hydrogen-bond acceptors (Lipinski definition) is 8. The minimum atomic E-state index is -3.21. The molecular formula is C5H3ClO8S4. The molecule has 0 aliphatic heterocycles. The van der Waals surface area contributed by atoms with Crippen molar-refractivity contribution in [3.8, 4) is 0 Å². The van der Waals surface area contributed by atoms with Gasteiger partial charge in [-0.15, -0.1) is 0 Å². The fourth-order valence-electron chi connectivity index (χ4n) is 0.844. The van der Waals surface area contributed by atoms with Gasteiger partial charge in [0.25, 0.3) is 0 Å². The maximum Gasteiger partial charge on any atom is 0.230 e. The molecule has 0 heterocycles. The minimum Gasteiger partial charge on any atom is -0.185 e. The molecule has 0 fully saturated rings. The van der Waals surface area contributed by atoms with E-state index in [2.05, 4.69) is 0 Å². The Bertz CT molecular complexity index is 760. The van der Waals surface area contributed by atoms with E-state index in [0.29, 0.717) is 0 Å². The standard InChI is InChI=1S/C5H3ClO8S4/c6-4(18(13)14)5(1-15(7)8,2-16(9)10)3-17(11)12/h1-3H. The van der Waals surface area contributed by atoms with E-state index < -0.39 is 50.9 Å². The lowest BCUT2D eigenvalue weighted by Crippen LogP contribution is -2.35. The predicted octanol–water partition coefficient (Wildman–Crippen LogP) is -2.74. The third-order valence-electron chi connectivity index (χ3n) is 1.36. The van der Waals surface area contributed by atoms with Gasteiger partial charge in [0.15, 0.2) is 4.32 Å². The van der Waals surface area contributed by atoms with E-state index in [1.165, 1.54) is 0 Å². The molecule has 0 radical (unpaired) electrons. The van der Waals surface area contributed by atoms with Gasteiger partial charge < -0.3 is 0 Å². The van der Waals surface area contributed by atoms with Crippen molar-refractivity contribution >= 4 is 73.2 Å². The Morgan fingerprint density at radius 1 is 0.722 bits per heavy atom. The molecule has 0 atom stereocenters. The number of rotatable bonds is 4. The van der Waals surface area contributed by atoms with Crippen LogP contribution in [0.1, 0.15) is 0 Å². The maximum absolute atomic E-state index is 10.7. The molecule has 0 N–H and O–H groups in total. The Morgan fingerprint density at radius 3 is 1.17 bits per heavy atom. The molecule has 102 valence electrons. The van der Waals surface area contributed by atoms with Crippen LogP contribution in [0.4, 0.5) is 0 Å². The van der Waals surface area contributed by atoms with E-state index in [1.807, 2.05) is 0 Å². The summed E-state index contributed by atoms with van der Waals surface area (Å²) in [4.78, 5) is 0. The van der Waals surface area contributed by atoms with Crippen molar-refractivity contribution in [2.75, 3.05) is 0 Å². The quantitative estimate of drug-likeness (QED) is 0.392. The molecule has 18 heavy (non-hydrogen) atoms. The van der Waals surface area contributed by atoms with Crippen molar-refractivity contribution in [1.82, 2.24) is 0 Å². The van der Waals surface area contributed by atoms with Gasteiger partial charge in [0, 0.05) is 0 Å². The van der Waals surface area contributed by atoms with E-state index in [0.717, 1.165) is 0 Å². The third-order valence-corrected chi connectivity index (χ3v) is 4.46. The van der Waals surface area contributed by atoms with Crippen LogP contribution in [0.25, 0.3) is 0 Å². The summed E-state index contributed by atoms with van der Waals surface area (Å²) in [6.07, 6.45) is 0. The zero-order valence-corrected chi connectivity index (χ0v) is 12.0. The monoisotopic (exact) mass is 354 g/mol. The Labute approximate surface area is 112 Å². The molecule has 0 aliphatic carbocycles. The van der Waals surface area contributed by atoms with Crippen molar-refractivity contribution in [2.24, 2.45) is 5.41 Å². The predicted molar refractivity (Wildman–Crippen MR) is 67.2 cm³/mol. The first-order valence-corrected chi connectivity index (χ1v) is 8.42. The van der Waals surface area contributed by atoms with Gasteiger partial charge in [-0.2, -0.15) is 33.7 Å². The summed E-state index contributed by atoms with van der Waals surface area (Å²) in [6.45, 7) is 0. The van der Waals surface area contributed by atoms with Crippen molar-refractivity contribution in [3.63, 3.8) is 0 Å². The van der Waals surface area contributed by atoms with Gasteiger partial charge >= 0.3 is 0 Å². The molecule has 0 saturated carbocycles. The lowest BCUT2D eigenvalue weighted by atomic mass is 10.00. The SMILES string of the molecule is O=S(=O)=CC(C=S(=O)=O)(C=S(=O)=O)C(Cl)=S(=O)=O. The van der Waals surface area contributed by atoms with Crippen molar-refractivity contribution in [2.45, 2.75) is 0 Å². The second kappa shape index (κ2) is 6.84. The van der Waals surface area contributed by atoms with E-state index in [1.54, 1.807) is 0 Å². The van der Waals surface area contributed by atoms with Crippen LogP contribution in [0.2, 0.25) is 0 Å². The zero-order chi connectivity index (χ0) is 14.5. The second-order valence-electron chi connectivity index (χ2n) is 2.58. The van der Waals surface area contributed by atoms with Crippen LogP contribution in [0, 0.1) is 5.41 Å². The summed E-state index contributed by atoms with van der Waals surface area (Å²) < 4.78 is 83.3. The maximum atomic E-state index is 10.7. The topological polar surface area (TPSA) is 137 Å². The highest BCUT2D eigenvalue weighted by molar-refractivity contribution is 7.79. The Morgan fingerprint density at radius 2 is 1.00 bits per heavy atom. The van der Waals surface area contributed by atoms with Gasteiger partial charge in [0.1, 0.15) is 5.41 Å². The fraction of sp³-hybridized carbons (Fsp3) is 0.200. The number of hydrogen-bond donors (Lipinski definition) is 0. The van der Waals surface area contributed by atoms with Crippen molar-refractivity contribution in [3.05, 3.63) is 0 Å². The molecule has 0 saturated heterocycles. The van der Waals surface area contributed by atoms with E-state index in [-0.39, 0.29) is 16.1 Å². The van der Waals surface area contributed by atoms with Crippen molar-refractivity contribution in [1.29, 1.82) is 0 Å². The van der Waals surface area contributed by atoms with Gasteiger partial charge in [-0.1, -0.05) is 11.6 Å². The normalized spacial score (nSPS) is 10.1. The van der Waals surface area contributed by atoms with Gasteiger partial charge in [0.05, 0.1) is 16.1 Å². The average Bonchev–Trinajstić information content (AvgIpc) is 2.12. The summed E-state index contributed by atoms with van der Waals surface area (Å²) >= 11 is 5.26. The van der Waals surface area contributed by atoms with Crippen LogP contribution < -0.4 is 0 Å². The Hall–Kier alpha value is -0.950. The summed E-state index contributed by atoms with van der Waals surface area (Å²) in [7, 11) is -12.4. The summed E-state index contributed by atoms with van der Waals surface area (Å²) in [6, 6.07) is 0. The molecule has 0 aromatic heterocycles. The molecule has 0 bridgehead atoms. The fourth-order valence-corrected chi connectivity index (χ4v) is 3.87. The second-order valence-corrected chi connectivity index (χ2v) is 6.33. The van der Waals surface area contributed by atoms with Gasteiger partial charge in [-0.3, -0.25) is 0 Å². The van der Waals surface area contributed by atoms with Gasteiger partial charge in [0.2, 0.25) is 41.2 Å². The first-order valence-electron chi connectivity index (χ1n) is 3.55. The summed E-state index contributed by atoms with van der Waals surface area (Å²) in [5.41, 5.74) is -2.60. The Kier molecular flexibility index (Phi) is 6.48. The van der Waals surface area contributed by atoms with E-state index >= 15 is 0 Å². The molecule has 0 aromatic carbocycles. The van der Waals surface area contributed by atoms with Gasteiger partial charge in [-0.05, 0) is 0 Å². The van der Waals surface area contributed by atoms with Crippen molar-refractivity contribution < 1.29 is 33.7 Å². The Balaban J connectivity index is 7.05. The van der Waals surface area contributed by atoms with E-state index in [4.69, 9.17) is 11.6 Å². The van der Waals surface area contributed by atoms with E-state index in [9.17, 15) is 33.7 Å². The first-order chi connectivity index (χ1) is 8.10. The highest BCUT2D eigenvalue weighted by Crippen LogP contribution is 2.13. The first kappa shape index (κ1) is 17.1. The molecule has 13 heteroatoms. The molecule has 8 nitrogen and oxygen atoms in total. The zero-order valence-electron chi connectivity index (χ0n) is 8.01. The minimum absolute atomic E-state index is 0.122. The molecule has 0 amide bonds. The lowest BCUT2D eigenvalue weighted by Gasteiger charge is -2.12. The van der Waals surface area contributed by atoms with Crippen LogP contribution in [0.15, 0.2) is 0 Å². The van der Waals surface area contributed by atoms with Crippen LogP contribution in [0.3, 0.4) is 0 Å². The molecule has 0 unspecified atom stereocenters. The number of halogens is 1. The van der Waals surface area contributed by atoms with Gasteiger partial charge in [-0.25, -0.2) is 0 Å². The molecule has 0 aromatic rings. The van der Waals surface area contributed by atoms with Crippen LogP contribution >= 0.6 is 11.6 Å². The summed E-state index contributed by atoms with van der Waals surface area (Å²) in [5.74, 6) is 0. The lowest BCUT2D eigenvalue weighted by molar-refractivity contribution is 0.626. The molecule has 0 aliphatic rings. The molecule has 0 rings (SSSR count). The smallest absolute Gasteiger partial charge is 0.185 e.